The Bertz CT molecular complexity index is 261. The molecule has 0 aromatic rings. The maximum atomic E-state index is 13.4. The van der Waals surface area contributed by atoms with Crippen LogP contribution in [-0.4, -0.2) is 56.8 Å². The zero-order chi connectivity index (χ0) is 13.0. The van der Waals surface area contributed by atoms with E-state index in [2.05, 4.69) is 10.2 Å². The molecule has 2 rings (SSSR count). The lowest BCUT2D eigenvalue weighted by Gasteiger charge is -2.37. The van der Waals surface area contributed by atoms with Gasteiger partial charge in [-0.1, -0.05) is 0 Å². The first-order chi connectivity index (χ1) is 8.59. The molecule has 0 bridgehead atoms. The van der Waals surface area contributed by atoms with Crippen LogP contribution in [0.5, 0.6) is 0 Å². The number of nitrogens with one attached hydrogen (secondary N) is 1. The molecule has 1 heterocycles. The maximum Gasteiger partial charge on any atom is 0.248 e. The highest BCUT2D eigenvalue weighted by molar-refractivity contribution is 4.82. The van der Waals surface area contributed by atoms with Crippen LogP contribution in [0.4, 0.5) is 8.78 Å². The van der Waals surface area contributed by atoms with Gasteiger partial charge in [-0.15, -0.1) is 0 Å². The van der Waals surface area contributed by atoms with Crippen molar-refractivity contribution in [2.24, 2.45) is 5.92 Å². The molecule has 1 aliphatic carbocycles. The van der Waals surface area contributed by atoms with Crippen molar-refractivity contribution in [3.05, 3.63) is 0 Å². The van der Waals surface area contributed by atoms with Crippen LogP contribution in [0.3, 0.4) is 0 Å². The third kappa shape index (κ3) is 4.14. The van der Waals surface area contributed by atoms with Crippen LogP contribution in [0, 0.1) is 5.92 Å². The Hall–Kier alpha value is -0.260. The first-order valence-electron chi connectivity index (χ1n) is 6.95. The maximum absolute atomic E-state index is 13.4. The molecular weight excluding hydrogens is 238 g/mol. The molecule has 1 saturated heterocycles. The number of hydrogen-bond donors (Lipinski definition) is 1. The Morgan fingerprint density at radius 1 is 1.44 bits per heavy atom. The van der Waals surface area contributed by atoms with Gasteiger partial charge in [-0.05, 0) is 25.8 Å². The lowest BCUT2D eigenvalue weighted by Crippen LogP contribution is -2.48. The standard InChI is InChI=1S/C13H24F2N2O/c1-16-8-12-10-17(5-6-18-12)9-11-3-2-4-13(14,15)7-11/h11-12,16H,2-10H2,1H3. The minimum atomic E-state index is -2.43. The van der Waals surface area contributed by atoms with Crippen molar-refractivity contribution in [3.63, 3.8) is 0 Å². The van der Waals surface area contributed by atoms with Crippen molar-refractivity contribution in [1.82, 2.24) is 10.2 Å². The zero-order valence-corrected chi connectivity index (χ0v) is 11.1. The van der Waals surface area contributed by atoms with Gasteiger partial charge in [-0.3, -0.25) is 4.90 Å². The number of likely N-dealkylation sites (N-methyl/N-ethyl adjacent to an activating group) is 1. The molecule has 2 fully saturated rings. The lowest BCUT2D eigenvalue weighted by molar-refractivity contribution is -0.0693. The van der Waals surface area contributed by atoms with Crippen LogP contribution in [0.2, 0.25) is 0 Å². The molecule has 5 heteroatoms. The SMILES string of the molecule is CNCC1CN(CC2CCCC(F)(F)C2)CCO1. The molecule has 2 aliphatic rings. The first kappa shape index (κ1) is 14.2. The number of morpholine rings is 1. The molecule has 2 unspecified atom stereocenters. The third-order valence-corrected chi connectivity index (χ3v) is 3.91. The Morgan fingerprint density at radius 3 is 3.00 bits per heavy atom. The molecule has 0 spiro atoms. The van der Waals surface area contributed by atoms with E-state index in [9.17, 15) is 8.78 Å². The number of ether oxygens (including phenoxy) is 1. The van der Waals surface area contributed by atoms with Crippen LogP contribution in [0.1, 0.15) is 25.7 Å². The number of rotatable bonds is 4. The van der Waals surface area contributed by atoms with Gasteiger partial charge in [0.2, 0.25) is 5.92 Å². The average Bonchev–Trinajstić information content (AvgIpc) is 2.28. The Balaban J connectivity index is 1.78. The van der Waals surface area contributed by atoms with Crippen molar-refractivity contribution < 1.29 is 13.5 Å². The number of nitrogens with zero attached hydrogens (tertiary/aromatic N) is 1. The van der Waals surface area contributed by atoms with Crippen LogP contribution in [-0.2, 0) is 4.74 Å². The second-order valence-corrected chi connectivity index (χ2v) is 5.63. The summed E-state index contributed by atoms with van der Waals surface area (Å²) < 4.78 is 32.3. The number of hydrogen-bond acceptors (Lipinski definition) is 3. The summed E-state index contributed by atoms with van der Waals surface area (Å²) in [5.41, 5.74) is 0. The van der Waals surface area contributed by atoms with Crippen molar-refractivity contribution in [2.45, 2.75) is 37.7 Å². The topological polar surface area (TPSA) is 24.5 Å². The normalized spacial score (nSPS) is 33.5. The fourth-order valence-corrected chi connectivity index (χ4v) is 3.09. The zero-order valence-electron chi connectivity index (χ0n) is 11.1. The second kappa shape index (κ2) is 6.26. The van der Waals surface area contributed by atoms with E-state index in [1.165, 1.54) is 0 Å². The van der Waals surface area contributed by atoms with E-state index in [4.69, 9.17) is 4.74 Å². The quantitative estimate of drug-likeness (QED) is 0.835. The molecule has 18 heavy (non-hydrogen) atoms. The van der Waals surface area contributed by atoms with Crippen LogP contribution < -0.4 is 5.32 Å². The fourth-order valence-electron chi connectivity index (χ4n) is 3.09. The highest BCUT2D eigenvalue weighted by atomic mass is 19.3. The molecule has 1 saturated carbocycles. The summed E-state index contributed by atoms with van der Waals surface area (Å²) in [5, 5.41) is 3.10. The van der Waals surface area contributed by atoms with E-state index in [1.807, 2.05) is 7.05 Å². The fraction of sp³-hybridized carbons (Fsp3) is 1.00. The van der Waals surface area contributed by atoms with E-state index in [0.717, 1.165) is 39.2 Å². The predicted molar refractivity (Wildman–Crippen MR) is 67.0 cm³/mol. The Morgan fingerprint density at radius 2 is 2.28 bits per heavy atom. The summed E-state index contributed by atoms with van der Waals surface area (Å²) in [6.45, 7) is 4.09. The van der Waals surface area contributed by atoms with Gasteiger partial charge >= 0.3 is 0 Å². The molecule has 0 aromatic heterocycles. The summed E-state index contributed by atoms with van der Waals surface area (Å²) >= 11 is 0. The third-order valence-electron chi connectivity index (χ3n) is 3.91. The summed E-state index contributed by atoms with van der Waals surface area (Å²) in [5.74, 6) is -2.28. The smallest absolute Gasteiger partial charge is 0.248 e. The van der Waals surface area contributed by atoms with Crippen molar-refractivity contribution in [1.29, 1.82) is 0 Å². The molecule has 1 N–H and O–H groups in total. The number of halogens is 2. The van der Waals surface area contributed by atoms with Gasteiger partial charge < -0.3 is 10.1 Å². The lowest BCUT2D eigenvalue weighted by atomic mass is 9.86. The number of alkyl halides is 2. The Kier molecular flexibility index (Phi) is 4.92. The van der Waals surface area contributed by atoms with E-state index in [1.54, 1.807) is 0 Å². The monoisotopic (exact) mass is 262 g/mol. The van der Waals surface area contributed by atoms with Crippen molar-refractivity contribution in [3.8, 4) is 0 Å². The minimum absolute atomic E-state index is 0.0705. The van der Waals surface area contributed by atoms with Gasteiger partial charge in [0, 0.05) is 39.0 Å². The molecule has 0 aromatic carbocycles. The molecule has 2 atom stereocenters. The minimum Gasteiger partial charge on any atom is -0.374 e. The first-order valence-corrected chi connectivity index (χ1v) is 6.95. The van der Waals surface area contributed by atoms with Gasteiger partial charge in [0.1, 0.15) is 0 Å². The summed E-state index contributed by atoms with van der Waals surface area (Å²) in [6.07, 6.45) is 1.97. The van der Waals surface area contributed by atoms with Crippen LogP contribution in [0.25, 0.3) is 0 Å². The average molecular weight is 262 g/mol. The van der Waals surface area contributed by atoms with Gasteiger partial charge in [-0.2, -0.15) is 0 Å². The van der Waals surface area contributed by atoms with E-state index >= 15 is 0 Å². The summed E-state index contributed by atoms with van der Waals surface area (Å²) in [7, 11) is 1.91. The molecule has 3 nitrogen and oxygen atoms in total. The van der Waals surface area contributed by atoms with Gasteiger partial charge in [0.15, 0.2) is 0 Å². The van der Waals surface area contributed by atoms with E-state index in [0.29, 0.717) is 6.42 Å². The van der Waals surface area contributed by atoms with Gasteiger partial charge in [0.05, 0.1) is 12.7 Å². The Labute approximate surface area is 108 Å². The summed E-state index contributed by atoms with van der Waals surface area (Å²) in [6, 6.07) is 0. The predicted octanol–water partition coefficient (Wildman–Crippen LogP) is 1.73. The largest absolute Gasteiger partial charge is 0.374 e. The molecule has 1 aliphatic heterocycles. The van der Waals surface area contributed by atoms with Crippen LogP contribution in [0.15, 0.2) is 0 Å². The highest BCUT2D eigenvalue weighted by Gasteiger charge is 2.37. The van der Waals surface area contributed by atoms with Crippen molar-refractivity contribution >= 4 is 0 Å². The molecular formula is C13H24F2N2O. The van der Waals surface area contributed by atoms with Crippen LogP contribution >= 0.6 is 0 Å². The van der Waals surface area contributed by atoms with E-state index in [-0.39, 0.29) is 24.9 Å². The van der Waals surface area contributed by atoms with Crippen molar-refractivity contribution in [2.75, 3.05) is 39.8 Å². The van der Waals surface area contributed by atoms with E-state index < -0.39 is 5.92 Å². The summed E-state index contributed by atoms with van der Waals surface area (Å²) in [4.78, 5) is 2.29. The molecule has 0 radical (unpaired) electrons. The molecule has 0 amide bonds. The van der Waals surface area contributed by atoms with Gasteiger partial charge in [-0.25, -0.2) is 8.78 Å². The van der Waals surface area contributed by atoms with Gasteiger partial charge in [0.25, 0.3) is 0 Å². The second-order valence-electron chi connectivity index (χ2n) is 5.63. The molecule has 106 valence electrons. The highest BCUT2D eigenvalue weighted by Crippen LogP contribution is 2.37.